The minimum Gasteiger partial charge on any atom is -0.493 e. The molecular weight excluding hydrogens is 254 g/mol. The summed E-state index contributed by atoms with van der Waals surface area (Å²) in [6, 6.07) is 3.53. The molecule has 0 radical (unpaired) electrons. The topological polar surface area (TPSA) is 56.3 Å². The van der Waals surface area contributed by atoms with E-state index in [1.54, 1.807) is 26.4 Å². The molecule has 0 unspecified atom stereocenters. The minimum atomic E-state index is 0.344. The average molecular weight is 268 g/mol. The molecule has 6 heteroatoms. The maximum atomic E-state index is 6.04. The molecule has 5 nitrogen and oxygen atoms in total. The monoisotopic (exact) mass is 267 g/mol. The van der Waals surface area contributed by atoms with Gasteiger partial charge in [0.15, 0.2) is 22.5 Å². The molecule has 0 aliphatic carbocycles. The number of methoxy groups -OCH3 is 2. The number of fused-ring (bicyclic) bond motifs is 1. The third-order valence-corrected chi connectivity index (χ3v) is 2.73. The van der Waals surface area contributed by atoms with Gasteiger partial charge in [0, 0.05) is 18.7 Å². The van der Waals surface area contributed by atoms with Crippen LogP contribution in [0.15, 0.2) is 12.1 Å². The van der Waals surface area contributed by atoms with Crippen LogP contribution in [0.3, 0.4) is 0 Å². The molecular formula is C12H14ClN3O2. The second kappa shape index (κ2) is 5.27. The summed E-state index contributed by atoms with van der Waals surface area (Å²) in [5.41, 5.74) is 1.37. The lowest BCUT2D eigenvalue weighted by molar-refractivity contribution is 0.355. The number of nitrogens with zero attached hydrogens (tertiary/aromatic N) is 2. The molecule has 0 atom stereocenters. The predicted molar refractivity (Wildman–Crippen MR) is 71.8 cm³/mol. The van der Waals surface area contributed by atoms with Crippen molar-refractivity contribution in [2.45, 2.75) is 6.92 Å². The van der Waals surface area contributed by atoms with Gasteiger partial charge in [0.05, 0.1) is 25.3 Å². The van der Waals surface area contributed by atoms with Crippen molar-refractivity contribution in [3.8, 4) is 11.5 Å². The standard InChI is InChI=1S/C12H14ClN3O2/c1-4-14-12-11(13)15-7-5-9(17-2)10(18-3)6-8(7)16-12/h5-6H,4H2,1-3H3,(H,14,16). The van der Waals surface area contributed by atoms with Crippen molar-refractivity contribution in [1.82, 2.24) is 9.97 Å². The van der Waals surface area contributed by atoms with E-state index in [0.717, 1.165) is 6.54 Å². The minimum absolute atomic E-state index is 0.344. The molecule has 0 bridgehead atoms. The van der Waals surface area contributed by atoms with Crippen LogP contribution < -0.4 is 14.8 Å². The Bertz CT molecular complexity index is 575. The summed E-state index contributed by atoms with van der Waals surface area (Å²) in [6.45, 7) is 2.70. The van der Waals surface area contributed by atoms with Crippen molar-refractivity contribution < 1.29 is 9.47 Å². The summed E-state index contributed by atoms with van der Waals surface area (Å²) >= 11 is 6.04. The fourth-order valence-corrected chi connectivity index (χ4v) is 1.84. The van der Waals surface area contributed by atoms with Crippen molar-refractivity contribution in [2.24, 2.45) is 0 Å². The molecule has 1 N–H and O–H groups in total. The van der Waals surface area contributed by atoms with Gasteiger partial charge in [-0.2, -0.15) is 0 Å². The lowest BCUT2D eigenvalue weighted by Crippen LogP contribution is -2.02. The predicted octanol–water partition coefficient (Wildman–Crippen LogP) is 2.73. The first kappa shape index (κ1) is 12.7. The zero-order valence-corrected chi connectivity index (χ0v) is 11.2. The van der Waals surface area contributed by atoms with Gasteiger partial charge in [-0.1, -0.05) is 11.6 Å². The fourth-order valence-electron chi connectivity index (χ4n) is 1.64. The molecule has 2 aromatic rings. The summed E-state index contributed by atoms with van der Waals surface area (Å²) in [6.07, 6.45) is 0. The second-order valence-corrected chi connectivity index (χ2v) is 3.95. The first-order valence-electron chi connectivity index (χ1n) is 5.52. The number of anilines is 1. The zero-order chi connectivity index (χ0) is 13.1. The smallest absolute Gasteiger partial charge is 0.172 e. The van der Waals surface area contributed by atoms with Crippen LogP contribution in [-0.4, -0.2) is 30.7 Å². The van der Waals surface area contributed by atoms with Gasteiger partial charge in [-0.25, -0.2) is 9.97 Å². The first-order valence-corrected chi connectivity index (χ1v) is 5.90. The molecule has 1 heterocycles. The van der Waals surface area contributed by atoms with Crippen LogP contribution in [0.4, 0.5) is 5.82 Å². The molecule has 1 aromatic heterocycles. The number of aromatic nitrogens is 2. The lowest BCUT2D eigenvalue weighted by atomic mass is 10.2. The van der Waals surface area contributed by atoms with Gasteiger partial charge >= 0.3 is 0 Å². The molecule has 0 saturated heterocycles. The molecule has 0 saturated carbocycles. The number of hydrogen-bond donors (Lipinski definition) is 1. The molecule has 0 amide bonds. The van der Waals surface area contributed by atoms with Crippen LogP contribution in [0.2, 0.25) is 5.15 Å². The molecule has 0 spiro atoms. The number of rotatable bonds is 4. The van der Waals surface area contributed by atoms with E-state index in [-0.39, 0.29) is 0 Å². The SMILES string of the molecule is CCNc1nc2cc(OC)c(OC)cc2nc1Cl. The van der Waals surface area contributed by atoms with E-state index in [0.29, 0.717) is 33.5 Å². The van der Waals surface area contributed by atoms with Crippen LogP contribution in [0, 0.1) is 0 Å². The highest BCUT2D eigenvalue weighted by molar-refractivity contribution is 6.32. The molecule has 1 aromatic carbocycles. The van der Waals surface area contributed by atoms with Gasteiger partial charge in [0.2, 0.25) is 0 Å². The normalized spacial score (nSPS) is 10.4. The van der Waals surface area contributed by atoms with E-state index >= 15 is 0 Å². The molecule has 18 heavy (non-hydrogen) atoms. The Morgan fingerprint density at radius 1 is 1.11 bits per heavy atom. The summed E-state index contributed by atoms with van der Waals surface area (Å²) in [5.74, 6) is 1.79. The number of ether oxygens (including phenoxy) is 2. The highest BCUT2D eigenvalue weighted by atomic mass is 35.5. The van der Waals surface area contributed by atoms with Crippen molar-refractivity contribution in [3.63, 3.8) is 0 Å². The van der Waals surface area contributed by atoms with Gasteiger partial charge < -0.3 is 14.8 Å². The Kier molecular flexibility index (Phi) is 3.72. The summed E-state index contributed by atoms with van der Waals surface area (Å²) < 4.78 is 10.4. The molecule has 0 aliphatic heterocycles. The largest absolute Gasteiger partial charge is 0.493 e. The van der Waals surface area contributed by atoms with Gasteiger partial charge in [-0.15, -0.1) is 0 Å². The van der Waals surface area contributed by atoms with Gasteiger partial charge in [-0.3, -0.25) is 0 Å². The van der Waals surface area contributed by atoms with Gasteiger partial charge in [-0.05, 0) is 6.92 Å². The van der Waals surface area contributed by atoms with Crippen molar-refractivity contribution >= 4 is 28.5 Å². The van der Waals surface area contributed by atoms with Crippen LogP contribution in [-0.2, 0) is 0 Å². The van der Waals surface area contributed by atoms with E-state index in [2.05, 4.69) is 15.3 Å². The Labute approximate surface area is 110 Å². The van der Waals surface area contributed by atoms with Gasteiger partial charge in [0.1, 0.15) is 0 Å². The molecule has 0 fully saturated rings. The lowest BCUT2D eigenvalue weighted by Gasteiger charge is -2.10. The maximum Gasteiger partial charge on any atom is 0.172 e. The maximum absolute atomic E-state index is 6.04. The number of benzene rings is 1. The van der Waals surface area contributed by atoms with Crippen molar-refractivity contribution in [3.05, 3.63) is 17.3 Å². The third kappa shape index (κ3) is 2.26. The van der Waals surface area contributed by atoms with E-state index < -0.39 is 0 Å². The van der Waals surface area contributed by atoms with Crippen LogP contribution in [0.25, 0.3) is 11.0 Å². The average Bonchev–Trinajstić information content (AvgIpc) is 2.38. The third-order valence-electron chi connectivity index (χ3n) is 2.47. The highest BCUT2D eigenvalue weighted by Crippen LogP contribution is 2.32. The van der Waals surface area contributed by atoms with E-state index in [1.807, 2.05) is 6.92 Å². The van der Waals surface area contributed by atoms with Crippen LogP contribution in [0.1, 0.15) is 6.92 Å². The molecule has 96 valence electrons. The fraction of sp³-hybridized carbons (Fsp3) is 0.333. The summed E-state index contributed by atoms with van der Waals surface area (Å²) in [5, 5.41) is 3.40. The van der Waals surface area contributed by atoms with Crippen molar-refractivity contribution in [2.75, 3.05) is 26.1 Å². The van der Waals surface area contributed by atoms with Gasteiger partial charge in [0.25, 0.3) is 0 Å². The molecule has 2 rings (SSSR count). The number of halogens is 1. The molecule has 0 aliphatic rings. The second-order valence-electron chi connectivity index (χ2n) is 3.59. The Hall–Kier alpha value is -1.75. The highest BCUT2D eigenvalue weighted by Gasteiger charge is 2.11. The van der Waals surface area contributed by atoms with E-state index in [4.69, 9.17) is 21.1 Å². The van der Waals surface area contributed by atoms with E-state index in [9.17, 15) is 0 Å². The summed E-state index contributed by atoms with van der Waals surface area (Å²) in [7, 11) is 3.16. The number of hydrogen-bond acceptors (Lipinski definition) is 5. The van der Waals surface area contributed by atoms with Crippen LogP contribution in [0.5, 0.6) is 11.5 Å². The van der Waals surface area contributed by atoms with E-state index in [1.165, 1.54) is 0 Å². The zero-order valence-electron chi connectivity index (χ0n) is 10.5. The Balaban J connectivity index is 2.62. The Morgan fingerprint density at radius 3 is 2.17 bits per heavy atom. The quantitative estimate of drug-likeness (QED) is 0.923. The van der Waals surface area contributed by atoms with Crippen LogP contribution >= 0.6 is 11.6 Å². The Morgan fingerprint density at radius 2 is 1.67 bits per heavy atom. The number of nitrogens with one attached hydrogen (secondary N) is 1. The first-order chi connectivity index (χ1) is 8.69. The van der Waals surface area contributed by atoms with Crippen molar-refractivity contribution in [1.29, 1.82) is 0 Å². The summed E-state index contributed by atoms with van der Waals surface area (Å²) in [4.78, 5) is 8.69.